The molecular weight excluding hydrogens is 771 g/mol. The molecule has 294 valence electrons. The van der Waals surface area contributed by atoms with Crippen LogP contribution in [0.4, 0.5) is 0 Å². The quantitative estimate of drug-likeness (QED) is 0.168. The molecule has 0 bridgehead atoms. The van der Waals surface area contributed by atoms with Crippen LogP contribution in [0.1, 0.15) is 0 Å². The minimum absolute atomic E-state index is 0.661. The topological polar surface area (TPSA) is 57.0 Å². The van der Waals surface area contributed by atoms with Gasteiger partial charge in [-0.25, -0.2) is 9.97 Å². The Morgan fingerprint density at radius 3 is 1.30 bits per heavy atom. The molecule has 0 radical (unpaired) electrons. The van der Waals surface area contributed by atoms with Crippen LogP contribution in [-0.2, 0) is 0 Å². The van der Waals surface area contributed by atoms with E-state index in [4.69, 9.17) is 18.8 Å². The highest BCUT2D eigenvalue weighted by atomic mass is 16.3. The number of aromatic nitrogens is 3. The van der Waals surface area contributed by atoms with Gasteiger partial charge in [-0.2, -0.15) is 0 Å². The molecule has 4 heterocycles. The predicted molar refractivity (Wildman–Crippen MR) is 258 cm³/mol. The fourth-order valence-electron chi connectivity index (χ4n) is 9.36. The number of hydrogen-bond acceptors (Lipinski definition) is 4. The molecule has 0 saturated carbocycles. The predicted octanol–water partition coefficient (Wildman–Crippen LogP) is 15.7. The van der Waals surface area contributed by atoms with Gasteiger partial charge in [-0.3, -0.25) is 0 Å². The van der Waals surface area contributed by atoms with Crippen LogP contribution in [0.25, 0.3) is 128 Å². The first-order chi connectivity index (χ1) is 31.2. The molecule has 63 heavy (non-hydrogen) atoms. The lowest BCUT2D eigenvalue weighted by Gasteiger charge is -2.14. The second kappa shape index (κ2) is 14.0. The molecule has 0 atom stereocenters. The van der Waals surface area contributed by atoms with Crippen molar-refractivity contribution in [3.63, 3.8) is 0 Å². The van der Waals surface area contributed by atoms with Gasteiger partial charge in [-0.15, -0.1) is 0 Å². The van der Waals surface area contributed by atoms with Crippen LogP contribution in [0.15, 0.2) is 221 Å². The largest absolute Gasteiger partial charge is 0.456 e. The van der Waals surface area contributed by atoms with Gasteiger partial charge < -0.3 is 13.4 Å². The molecule has 0 aliphatic rings. The third kappa shape index (κ3) is 5.86. The van der Waals surface area contributed by atoms with Crippen molar-refractivity contribution in [2.24, 2.45) is 0 Å². The van der Waals surface area contributed by atoms with Gasteiger partial charge in [0.25, 0.3) is 0 Å². The number of nitrogens with zero attached hydrogens (tertiary/aromatic N) is 3. The zero-order chi connectivity index (χ0) is 41.4. The Morgan fingerprint density at radius 2 is 0.730 bits per heavy atom. The Kier molecular flexibility index (Phi) is 7.84. The zero-order valence-corrected chi connectivity index (χ0v) is 33.9. The van der Waals surface area contributed by atoms with Crippen LogP contribution in [0.2, 0.25) is 0 Å². The molecule has 0 fully saturated rings. The van der Waals surface area contributed by atoms with Gasteiger partial charge in [0.15, 0.2) is 5.82 Å². The molecule has 0 saturated heterocycles. The number of furan rings is 2. The SMILES string of the molecule is c1ccc(-c2nc(-c3ccc(-n4c5ccccc5c5ccccc54)cc3)cc(-c3cc(-c4ccc5c(c4)oc4ccccc45)cc(-c4ccc5c(c4)oc4ccccc45)c3)n2)cc1. The summed E-state index contributed by atoms with van der Waals surface area (Å²) in [6.45, 7) is 0. The summed E-state index contributed by atoms with van der Waals surface area (Å²) < 4.78 is 15.1. The monoisotopic (exact) mass is 805 g/mol. The normalized spacial score (nSPS) is 11.8. The van der Waals surface area contributed by atoms with Crippen LogP contribution in [0, 0.1) is 0 Å². The third-order valence-electron chi connectivity index (χ3n) is 12.4. The number of fused-ring (bicyclic) bond motifs is 9. The first kappa shape index (κ1) is 35.2. The summed E-state index contributed by atoms with van der Waals surface area (Å²) >= 11 is 0. The number of para-hydroxylation sites is 4. The van der Waals surface area contributed by atoms with Crippen molar-refractivity contribution in [1.82, 2.24) is 14.5 Å². The highest BCUT2D eigenvalue weighted by Crippen LogP contribution is 2.40. The van der Waals surface area contributed by atoms with E-state index in [0.29, 0.717) is 5.82 Å². The summed E-state index contributed by atoms with van der Waals surface area (Å²) in [6, 6.07) is 74.5. The molecular formula is C58H35N3O2. The zero-order valence-electron chi connectivity index (χ0n) is 33.9. The maximum absolute atomic E-state index is 6.39. The van der Waals surface area contributed by atoms with Gasteiger partial charge in [0.2, 0.25) is 0 Å². The van der Waals surface area contributed by atoms with E-state index in [0.717, 1.165) is 99.9 Å². The van der Waals surface area contributed by atoms with Crippen LogP contribution in [0.5, 0.6) is 0 Å². The number of hydrogen-bond donors (Lipinski definition) is 0. The average Bonchev–Trinajstić information content (AvgIpc) is 4.03. The minimum Gasteiger partial charge on any atom is -0.456 e. The lowest BCUT2D eigenvalue weighted by atomic mass is 9.93. The lowest BCUT2D eigenvalue weighted by Crippen LogP contribution is -1.97. The van der Waals surface area contributed by atoms with Gasteiger partial charge >= 0.3 is 0 Å². The van der Waals surface area contributed by atoms with Crippen LogP contribution in [0.3, 0.4) is 0 Å². The van der Waals surface area contributed by atoms with Crippen molar-refractivity contribution in [2.75, 3.05) is 0 Å². The molecule has 5 nitrogen and oxygen atoms in total. The second-order valence-corrected chi connectivity index (χ2v) is 16.2. The van der Waals surface area contributed by atoms with Crippen molar-refractivity contribution < 1.29 is 8.83 Å². The molecule has 0 amide bonds. The molecule has 5 heteroatoms. The fraction of sp³-hybridized carbons (Fsp3) is 0. The molecule has 13 aromatic rings. The maximum atomic E-state index is 6.39. The summed E-state index contributed by atoms with van der Waals surface area (Å²) in [7, 11) is 0. The third-order valence-corrected chi connectivity index (χ3v) is 12.4. The minimum atomic E-state index is 0.661. The van der Waals surface area contributed by atoms with Crippen molar-refractivity contribution >= 4 is 65.7 Å². The first-order valence-corrected chi connectivity index (χ1v) is 21.2. The van der Waals surface area contributed by atoms with E-state index in [-0.39, 0.29) is 0 Å². The average molecular weight is 806 g/mol. The molecule has 0 aliphatic heterocycles. The van der Waals surface area contributed by atoms with E-state index in [1.807, 2.05) is 42.5 Å². The van der Waals surface area contributed by atoms with E-state index in [1.165, 1.54) is 21.8 Å². The standard InChI is InChI=1S/C58H35N3O2/c1-2-12-37(13-3-1)58-59-50(36-22-26-43(27-23-36)61-52-18-8-4-14-44(52)45-15-5-9-19-53(45)61)35-51(60-58)42-31-40(38-24-28-48-46-16-6-10-20-54(46)62-56(48)33-38)30-41(32-42)39-25-29-49-47-17-7-11-21-55(47)63-57(49)34-39/h1-35H. The summed E-state index contributed by atoms with van der Waals surface area (Å²) in [5, 5.41) is 6.88. The Bertz CT molecular complexity index is 3730. The fourth-order valence-corrected chi connectivity index (χ4v) is 9.36. The van der Waals surface area contributed by atoms with Crippen LogP contribution >= 0.6 is 0 Å². The van der Waals surface area contributed by atoms with Crippen LogP contribution in [-0.4, -0.2) is 14.5 Å². The molecule has 0 aliphatic carbocycles. The molecule has 4 aromatic heterocycles. The summed E-state index contributed by atoms with van der Waals surface area (Å²) in [5.41, 5.74) is 15.7. The van der Waals surface area contributed by atoms with E-state index < -0.39 is 0 Å². The first-order valence-electron chi connectivity index (χ1n) is 21.2. The lowest BCUT2D eigenvalue weighted by molar-refractivity contribution is 0.668. The van der Waals surface area contributed by atoms with Gasteiger partial charge in [0, 0.05) is 54.7 Å². The smallest absolute Gasteiger partial charge is 0.160 e. The Hall–Kier alpha value is -8.54. The molecule has 0 unspecified atom stereocenters. The molecule has 9 aromatic carbocycles. The van der Waals surface area contributed by atoms with Gasteiger partial charge in [-0.05, 0) is 107 Å². The highest BCUT2D eigenvalue weighted by molar-refractivity contribution is 6.10. The summed E-state index contributed by atoms with van der Waals surface area (Å²) in [6.07, 6.45) is 0. The van der Waals surface area contributed by atoms with E-state index in [9.17, 15) is 0 Å². The van der Waals surface area contributed by atoms with Crippen molar-refractivity contribution in [3.8, 4) is 61.8 Å². The van der Waals surface area contributed by atoms with Crippen molar-refractivity contribution in [1.29, 1.82) is 0 Å². The van der Waals surface area contributed by atoms with E-state index in [2.05, 4.69) is 174 Å². The van der Waals surface area contributed by atoms with Crippen molar-refractivity contribution in [3.05, 3.63) is 212 Å². The maximum Gasteiger partial charge on any atom is 0.160 e. The molecule has 0 spiro atoms. The van der Waals surface area contributed by atoms with Crippen LogP contribution < -0.4 is 0 Å². The Labute approximate surface area is 361 Å². The van der Waals surface area contributed by atoms with E-state index >= 15 is 0 Å². The molecule has 13 rings (SSSR count). The van der Waals surface area contributed by atoms with Gasteiger partial charge in [-0.1, -0.05) is 127 Å². The Balaban J connectivity index is 0.987. The van der Waals surface area contributed by atoms with E-state index in [1.54, 1.807) is 0 Å². The number of rotatable bonds is 6. The molecule has 0 N–H and O–H groups in total. The summed E-state index contributed by atoms with van der Waals surface area (Å²) in [4.78, 5) is 10.5. The van der Waals surface area contributed by atoms with Gasteiger partial charge in [0.05, 0.1) is 22.4 Å². The number of benzene rings is 9. The Morgan fingerprint density at radius 1 is 0.286 bits per heavy atom. The summed E-state index contributed by atoms with van der Waals surface area (Å²) in [5.74, 6) is 0.661. The highest BCUT2D eigenvalue weighted by Gasteiger charge is 2.17. The van der Waals surface area contributed by atoms with Gasteiger partial charge in [0.1, 0.15) is 22.3 Å². The van der Waals surface area contributed by atoms with Crippen molar-refractivity contribution in [2.45, 2.75) is 0 Å². The second-order valence-electron chi connectivity index (χ2n) is 16.2.